The minimum Gasteiger partial charge on any atom is -0.461 e. The lowest BCUT2D eigenvalue weighted by atomic mass is 9.96. The molecule has 10 heteroatoms. The van der Waals surface area contributed by atoms with Crippen LogP contribution in [0.15, 0.2) is 89.1 Å². The third kappa shape index (κ3) is 3.79. The van der Waals surface area contributed by atoms with E-state index < -0.39 is 15.9 Å². The van der Waals surface area contributed by atoms with Gasteiger partial charge in [-0.1, -0.05) is 49.4 Å². The molecule has 0 radical (unpaired) electrons. The van der Waals surface area contributed by atoms with Crippen molar-refractivity contribution in [3.8, 4) is 0 Å². The Labute approximate surface area is 212 Å². The van der Waals surface area contributed by atoms with Gasteiger partial charge in [0.05, 0.1) is 28.6 Å². The van der Waals surface area contributed by atoms with Crippen LogP contribution in [-0.4, -0.2) is 28.3 Å². The average Bonchev–Trinajstić information content (AvgIpc) is 3.31. The number of esters is 1. The van der Waals surface area contributed by atoms with E-state index in [0.29, 0.717) is 12.1 Å². The average molecular weight is 502 g/mol. The zero-order valence-corrected chi connectivity index (χ0v) is 20.5. The number of hydrazone groups is 2. The number of hydrogen-bond donors (Lipinski definition) is 0. The standard InChI is InChI=1S/C26H23N5O4S/c1-3-23-21-12-8-9-13-22(21)26(29(27-23)18-10-6-5-7-11-18)30(28-24(36-26)25(32)35-4-2)19-14-16-20(17-15-19)31(33)34/h5-17H,3-4H2,1-2H3. The van der Waals surface area contributed by atoms with Crippen molar-refractivity contribution in [2.24, 2.45) is 10.2 Å². The first-order chi connectivity index (χ1) is 17.5. The van der Waals surface area contributed by atoms with Crippen LogP contribution in [0.1, 0.15) is 31.4 Å². The molecule has 2 heterocycles. The van der Waals surface area contributed by atoms with Crippen LogP contribution < -0.4 is 10.0 Å². The summed E-state index contributed by atoms with van der Waals surface area (Å²) in [5.41, 5.74) is 4.08. The van der Waals surface area contributed by atoms with Crippen molar-refractivity contribution in [3.63, 3.8) is 0 Å². The minimum atomic E-state index is -1.12. The van der Waals surface area contributed by atoms with Crippen molar-refractivity contribution in [3.05, 3.63) is 100 Å². The number of rotatable bonds is 6. The van der Waals surface area contributed by atoms with Gasteiger partial charge in [0.1, 0.15) is 0 Å². The lowest BCUT2D eigenvalue weighted by Gasteiger charge is -2.47. The van der Waals surface area contributed by atoms with Gasteiger partial charge >= 0.3 is 5.97 Å². The summed E-state index contributed by atoms with van der Waals surface area (Å²) in [6.45, 7) is 4.00. The largest absolute Gasteiger partial charge is 0.461 e. The second kappa shape index (κ2) is 9.46. The van der Waals surface area contributed by atoms with E-state index in [1.165, 1.54) is 23.9 Å². The molecule has 0 aliphatic carbocycles. The van der Waals surface area contributed by atoms with Gasteiger partial charge in [-0.05, 0) is 49.4 Å². The van der Waals surface area contributed by atoms with E-state index in [2.05, 4.69) is 0 Å². The smallest absolute Gasteiger partial charge is 0.365 e. The molecule has 9 nitrogen and oxygen atoms in total. The molecular formula is C26H23N5O4S. The normalized spacial score (nSPS) is 18.5. The Balaban J connectivity index is 1.77. The van der Waals surface area contributed by atoms with Gasteiger partial charge in [0.25, 0.3) is 5.69 Å². The number of carbonyl (C=O) groups excluding carboxylic acids is 1. The Morgan fingerprint density at radius 3 is 2.25 bits per heavy atom. The van der Waals surface area contributed by atoms with Crippen LogP contribution >= 0.6 is 11.8 Å². The maximum Gasteiger partial charge on any atom is 0.365 e. The molecule has 0 saturated carbocycles. The van der Waals surface area contributed by atoms with E-state index in [0.717, 1.165) is 22.5 Å². The number of hydrogen-bond acceptors (Lipinski definition) is 9. The number of benzene rings is 3. The number of nitro groups is 1. The number of thioether (sulfide) groups is 1. The molecule has 0 N–H and O–H groups in total. The molecule has 2 aliphatic heterocycles. The number of nitrogens with zero attached hydrogens (tertiary/aromatic N) is 5. The molecule has 0 aromatic heterocycles. The van der Waals surface area contributed by atoms with Crippen LogP contribution in [0.3, 0.4) is 0 Å². The molecule has 182 valence electrons. The first kappa shape index (κ1) is 23.6. The Hall–Kier alpha value is -4.18. The van der Waals surface area contributed by atoms with E-state index in [4.69, 9.17) is 14.9 Å². The van der Waals surface area contributed by atoms with Gasteiger partial charge in [0.15, 0.2) is 0 Å². The Kier molecular flexibility index (Phi) is 6.19. The molecule has 3 aromatic carbocycles. The highest BCUT2D eigenvalue weighted by molar-refractivity contribution is 8.16. The topological polar surface area (TPSA) is 101 Å². The van der Waals surface area contributed by atoms with E-state index in [-0.39, 0.29) is 17.3 Å². The van der Waals surface area contributed by atoms with Crippen molar-refractivity contribution in [2.45, 2.75) is 25.3 Å². The number of carbonyl (C=O) groups is 1. The second-order valence-electron chi connectivity index (χ2n) is 8.01. The summed E-state index contributed by atoms with van der Waals surface area (Å²) in [5.74, 6) is -0.540. The summed E-state index contributed by atoms with van der Waals surface area (Å²) < 4.78 is 5.30. The molecule has 3 aromatic rings. The predicted octanol–water partition coefficient (Wildman–Crippen LogP) is 5.47. The summed E-state index contributed by atoms with van der Waals surface area (Å²) in [5, 5.41) is 24.8. The molecule has 0 fully saturated rings. The highest BCUT2D eigenvalue weighted by Crippen LogP contribution is 2.54. The van der Waals surface area contributed by atoms with Crippen LogP contribution in [0.2, 0.25) is 0 Å². The third-order valence-electron chi connectivity index (χ3n) is 5.90. The summed E-state index contributed by atoms with van der Waals surface area (Å²) in [7, 11) is 0. The predicted molar refractivity (Wildman–Crippen MR) is 141 cm³/mol. The molecule has 0 saturated heterocycles. The van der Waals surface area contributed by atoms with Gasteiger partial charge in [-0.3, -0.25) is 10.1 Å². The Morgan fingerprint density at radius 1 is 0.944 bits per heavy atom. The summed E-state index contributed by atoms with van der Waals surface area (Å²) in [4.78, 5) is 22.6. The number of anilines is 2. The van der Waals surface area contributed by atoms with Gasteiger partial charge in [0.2, 0.25) is 10.0 Å². The molecule has 2 aliphatic rings. The highest BCUT2D eigenvalue weighted by Gasteiger charge is 2.56. The summed E-state index contributed by atoms with van der Waals surface area (Å²) in [6, 6.07) is 23.7. The van der Waals surface area contributed by atoms with Crippen LogP contribution in [0, 0.1) is 10.1 Å². The fourth-order valence-corrected chi connectivity index (χ4v) is 5.61. The quantitative estimate of drug-likeness (QED) is 0.251. The molecule has 1 spiro atoms. The van der Waals surface area contributed by atoms with Crippen LogP contribution in [0.5, 0.6) is 0 Å². The monoisotopic (exact) mass is 501 g/mol. The number of nitro benzene ring substituents is 1. The van der Waals surface area contributed by atoms with Crippen LogP contribution in [0.4, 0.5) is 17.1 Å². The van der Waals surface area contributed by atoms with Crippen molar-refractivity contribution in [1.82, 2.24) is 0 Å². The number of para-hydroxylation sites is 1. The van der Waals surface area contributed by atoms with Crippen molar-refractivity contribution >= 4 is 45.5 Å². The SMILES string of the molecule is CCOC(=O)C1=NN(c2ccc([N+](=O)[O-])cc2)C2(S1)c1ccccc1C(CC)=NN2c1ccccc1. The zero-order valence-electron chi connectivity index (χ0n) is 19.7. The Bertz CT molecular complexity index is 1380. The van der Waals surface area contributed by atoms with Crippen LogP contribution in [-0.2, 0) is 14.5 Å². The molecule has 36 heavy (non-hydrogen) atoms. The lowest BCUT2D eigenvalue weighted by molar-refractivity contribution is -0.384. The first-order valence-corrected chi connectivity index (χ1v) is 12.3. The molecule has 1 atom stereocenters. The van der Waals surface area contributed by atoms with E-state index in [1.807, 2.05) is 66.5 Å². The van der Waals surface area contributed by atoms with Gasteiger partial charge < -0.3 is 4.74 Å². The zero-order chi connectivity index (χ0) is 25.3. The third-order valence-corrected chi connectivity index (χ3v) is 7.20. The summed E-state index contributed by atoms with van der Waals surface area (Å²) in [6.07, 6.45) is 0.699. The fourth-order valence-electron chi connectivity index (χ4n) is 4.32. The van der Waals surface area contributed by atoms with Crippen molar-refractivity contribution in [1.29, 1.82) is 0 Å². The Morgan fingerprint density at radius 2 is 1.58 bits per heavy atom. The summed E-state index contributed by atoms with van der Waals surface area (Å²) >= 11 is 1.24. The highest BCUT2D eigenvalue weighted by atomic mass is 32.2. The van der Waals surface area contributed by atoms with Crippen LogP contribution in [0.25, 0.3) is 0 Å². The molecule has 5 rings (SSSR count). The molecule has 0 amide bonds. The number of ether oxygens (including phenoxy) is 1. The number of non-ortho nitro benzene ring substituents is 1. The second-order valence-corrected chi connectivity index (χ2v) is 9.17. The van der Waals surface area contributed by atoms with Gasteiger partial charge in [-0.25, -0.2) is 14.8 Å². The van der Waals surface area contributed by atoms with Gasteiger partial charge in [-0.15, -0.1) is 0 Å². The molecule has 0 bridgehead atoms. The first-order valence-electron chi connectivity index (χ1n) is 11.5. The molecular weight excluding hydrogens is 478 g/mol. The van der Waals surface area contributed by atoms with E-state index in [9.17, 15) is 14.9 Å². The van der Waals surface area contributed by atoms with E-state index >= 15 is 0 Å². The lowest BCUT2D eigenvalue weighted by Crippen LogP contribution is -2.54. The minimum absolute atomic E-state index is 0.0375. The molecule has 1 unspecified atom stereocenters. The maximum absolute atomic E-state index is 12.9. The maximum atomic E-state index is 12.9. The van der Waals surface area contributed by atoms with E-state index in [1.54, 1.807) is 24.1 Å². The fraction of sp³-hybridized carbons (Fsp3) is 0.192. The van der Waals surface area contributed by atoms with Crippen molar-refractivity contribution < 1.29 is 14.5 Å². The van der Waals surface area contributed by atoms with Crippen molar-refractivity contribution in [2.75, 3.05) is 16.6 Å². The van der Waals surface area contributed by atoms with Gasteiger partial charge in [-0.2, -0.15) is 10.2 Å². The van der Waals surface area contributed by atoms with Gasteiger partial charge in [0, 0.05) is 23.3 Å². The number of fused-ring (bicyclic) bond motifs is 2.